The summed E-state index contributed by atoms with van der Waals surface area (Å²) in [5.41, 5.74) is 0. The standard InChI is InChI=1S/C56H104O6/c1-4-7-10-13-15-17-19-21-23-25-27-28-29-31-32-34-36-38-40-43-46-49-55(58)61-52-53(51-60-54(57)48-45-42-12-9-6-3)62-56(59)50-47-44-41-39-37-35-33-30-26-24-22-20-18-16-14-11-8-5-2/h24-27,53H,4-23,28-52H2,1-3H3/b26-24-,27-25-. The molecule has 0 fully saturated rings. The van der Waals surface area contributed by atoms with Crippen molar-refractivity contribution >= 4 is 17.9 Å². The van der Waals surface area contributed by atoms with E-state index in [1.54, 1.807) is 0 Å². The monoisotopic (exact) mass is 873 g/mol. The molecule has 0 aromatic rings. The average molecular weight is 873 g/mol. The Morgan fingerprint density at radius 3 is 0.806 bits per heavy atom. The first-order valence-corrected chi connectivity index (χ1v) is 27.3. The average Bonchev–Trinajstić information content (AvgIpc) is 3.27. The van der Waals surface area contributed by atoms with Gasteiger partial charge in [-0.15, -0.1) is 0 Å². The van der Waals surface area contributed by atoms with Crippen molar-refractivity contribution in [3.8, 4) is 0 Å². The van der Waals surface area contributed by atoms with Crippen LogP contribution in [0.2, 0.25) is 0 Å². The van der Waals surface area contributed by atoms with E-state index in [0.29, 0.717) is 19.3 Å². The number of allylic oxidation sites excluding steroid dienone is 4. The van der Waals surface area contributed by atoms with Crippen LogP contribution in [0.1, 0.15) is 297 Å². The van der Waals surface area contributed by atoms with Crippen LogP contribution < -0.4 is 0 Å². The Bertz CT molecular complexity index is 1000. The molecule has 6 nitrogen and oxygen atoms in total. The second-order valence-electron chi connectivity index (χ2n) is 18.5. The van der Waals surface area contributed by atoms with Gasteiger partial charge in [-0.05, 0) is 70.6 Å². The van der Waals surface area contributed by atoms with E-state index in [-0.39, 0.29) is 31.1 Å². The molecule has 0 amide bonds. The quantitative estimate of drug-likeness (QED) is 0.0262. The van der Waals surface area contributed by atoms with Gasteiger partial charge in [0, 0.05) is 19.3 Å². The lowest BCUT2D eigenvalue weighted by atomic mass is 10.1. The van der Waals surface area contributed by atoms with Gasteiger partial charge in [-0.25, -0.2) is 0 Å². The van der Waals surface area contributed by atoms with Crippen molar-refractivity contribution in [3.05, 3.63) is 24.3 Å². The van der Waals surface area contributed by atoms with Crippen molar-refractivity contribution in [3.63, 3.8) is 0 Å². The number of rotatable bonds is 50. The third-order valence-corrected chi connectivity index (χ3v) is 12.2. The molecular formula is C56H104O6. The Labute approximate surface area is 385 Å². The lowest BCUT2D eigenvalue weighted by molar-refractivity contribution is -0.167. The van der Waals surface area contributed by atoms with Crippen molar-refractivity contribution in [2.45, 2.75) is 303 Å². The summed E-state index contributed by atoms with van der Waals surface area (Å²) in [5, 5.41) is 0. The van der Waals surface area contributed by atoms with Crippen LogP contribution in [0.15, 0.2) is 24.3 Å². The van der Waals surface area contributed by atoms with E-state index in [9.17, 15) is 14.4 Å². The Kier molecular flexibility index (Phi) is 49.8. The summed E-state index contributed by atoms with van der Waals surface area (Å²) in [6.07, 6.45) is 59.2. The molecule has 0 N–H and O–H groups in total. The second-order valence-corrected chi connectivity index (χ2v) is 18.5. The fourth-order valence-corrected chi connectivity index (χ4v) is 8.02. The predicted octanol–water partition coefficient (Wildman–Crippen LogP) is 17.9. The first-order chi connectivity index (χ1) is 30.5. The number of unbranched alkanes of at least 4 members (excludes halogenated alkanes) is 35. The summed E-state index contributed by atoms with van der Waals surface area (Å²) < 4.78 is 16.7. The lowest BCUT2D eigenvalue weighted by Crippen LogP contribution is -2.30. The molecule has 0 saturated heterocycles. The van der Waals surface area contributed by atoms with Gasteiger partial charge in [0.1, 0.15) is 13.2 Å². The van der Waals surface area contributed by atoms with E-state index < -0.39 is 6.10 Å². The Morgan fingerprint density at radius 2 is 0.532 bits per heavy atom. The Hall–Kier alpha value is -2.11. The lowest BCUT2D eigenvalue weighted by Gasteiger charge is -2.18. The van der Waals surface area contributed by atoms with E-state index >= 15 is 0 Å². The van der Waals surface area contributed by atoms with E-state index in [1.165, 1.54) is 193 Å². The zero-order chi connectivity index (χ0) is 45.1. The van der Waals surface area contributed by atoms with Crippen LogP contribution in [-0.2, 0) is 28.6 Å². The van der Waals surface area contributed by atoms with Crippen molar-refractivity contribution in [2.75, 3.05) is 13.2 Å². The minimum absolute atomic E-state index is 0.0717. The van der Waals surface area contributed by atoms with Gasteiger partial charge in [-0.3, -0.25) is 14.4 Å². The number of hydrogen-bond donors (Lipinski definition) is 0. The van der Waals surface area contributed by atoms with Gasteiger partial charge in [0.05, 0.1) is 0 Å². The summed E-state index contributed by atoms with van der Waals surface area (Å²) in [7, 11) is 0. The topological polar surface area (TPSA) is 78.9 Å². The molecule has 0 aliphatic carbocycles. The largest absolute Gasteiger partial charge is 0.462 e. The number of carbonyl (C=O) groups is 3. The molecule has 364 valence electrons. The molecule has 1 atom stereocenters. The summed E-state index contributed by atoms with van der Waals surface area (Å²) in [5.74, 6) is -0.879. The van der Waals surface area contributed by atoms with Crippen molar-refractivity contribution in [2.24, 2.45) is 0 Å². The Balaban J connectivity index is 4.10. The van der Waals surface area contributed by atoms with Gasteiger partial charge in [-0.1, -0.05) is 231 Å². The van der Waals surface area contributed by atoms with E-state index in [4.69, 9.17) is 14.2 Å². The molecule has 1 unspecified atom stereocenters. The van der Waals surface area contributed by atoms with Crippen molar-refractivity contribution < 1.29 is 28.6 Å². The van der Waals surface area contributed by atoms with E-state index in [1.807, 2.05) is 0 Å². The fourth-order valence-electron chi connectivity index (χ4n) is 8.02. The van der Waals surface area contributed by atoms with E-state index in [0.717, 1.165) is 64.2 Å². The maximum absolute atomic E-state index is 12.7. The number of esters is 3. The van der Waals surface area contributed by atoms with Crippen LogP contribution in [0.3, 0.4) is 0 Å². The molecule has 0 aliphatic heterocycles. The SMILES string of the molecule is CCCCCCCCC/C=C\CCCCCCCCCC(=O)OC(COC(=O)CCCCCCC)COC(=O)CCCCCCCCCCC/C=C\CCCCCCCCCC. The predicted molar refractivity (Wildman–Crippen MR) is 266 cm³/mol. The molecule has 0 rings (SSSR count). The molecular weight excluding hydrogens is 769 g/mol. The summed E-state index contributed by atoms with van der Waals surface area (Å²) in [4.78, 5) is 37.7. The second kappa shape index (κ2) is 51.5. The van der Waals surface area contributed by atoms with Crippen LogP contribution in [0.4, 0.5) is 0 Å². The Morgan fingerprint density at radius 1 is 0.306 bits per heavy atom. The maximum atomic E-state index is 12.7. The first-order valence-electron chi connectivity index (χ1n) is 27.3. The number of carbonyl (C=O) groups excluding carboxylic acids is 3. The number of ether oxygens (including phenoxy) is 3. The van der Waals surface area contributed by atoms with Crippen LogP contribution in [0, 0.1) is 0 Å². The zero-order valence-corrected chi connectivity index (χ0v) is 41.7. The normalized spacial score (nSPS) is 12.1. The third-order valence-electron chi connectivity index (χ3n) is 12.2. The molecule has 0 aliphatic rings. The molecule has 0 aromatic carbocycles. The van der Waals surface area contributed by atoms with Gasteiger partial charge in [0.15, 0.2) is 6.10 Å². The minimum atomic E-state index is -0.768. The summed E-state index contributed by atoms with van der Waals surface area (Å²) in [6.45, 7) is 6.58. The maximum Gasteiger partial charge on any atom is 0.306 e. The van der Waals surface area contributed by atoms with Gasteiger partial charge in [-0.2, -0.15) is 0 Å². The highest BCUT2D eigenvalue weighted by Crippen LogP contribution is 2.16. The first kappa shape index (κ1) is 59.9. The van der Waals surface area contributed by atoms with E-state index in [2.05, 4.69) is 45.1 Å². The van der Waals surface area contributed by atoms with Crippen molar-refractivity contribution in [1.82, 2.24) is 0 Å². The molecule has 6 heteroatoms. The highest BCUT2D eigenvalue weighted by atomic mass is 16.6. The smallest absolute Gasteiger partial charge is 0.306 e. The van der Waals surface area contributed by atoms with Crippen LogP contribution in [0.25, 0.3) is 0 Å². The van der Waals surface area contributed by atoms with Gasteiger partial charge < -0.3 is 14.2 Å². The third kappa shape index (κ3) is 48.9. The highest BCUT2D eigenvalue weighted by molar-refractivity contribution is 5.71. The highest BCUT2D eigenvalue weighted by Gasteiger charge is 2.19. The van der Waals surface area contributed by atoms with Crippen molar-refractivity contribution in [1.29, 1.82) is 0 Å². The molecule has 0 bridgehead atoms. The van der Waals surface area contributed by atoms with Crippen LogP contribution in [0.5, 0.6) is 0 Å². The minimum Gasteiger partial charge on any atom is -0.462 e. The number of hydrogen-bond acceptors (Lipinski definition) is 6. The molecule has 0 spiro atoms. The molecule has 0 radical (unpaired) electrons. The van der Waals surface area contributed by atoms with Gasteiger partial charge in [0.25, 0.3) is 0 Å². The van der Waals surface area contributed by atoms with Crippen LogP contribution >= 0.6 is 0 Å². The van der Waals surface area contributed by atoms with Gasteiger partial charge in [0.2, 0.25) is 0 Å². The molecule has 0 saturated carbocycles. The van der Waals surface area contributed by atoms with Gasteiger partial charge >= 0.3 is 17.9 Å². The zero-order valence-electron chi connectivity index (χ0n) is 41.7. The fraction of sp³-hybridized carbons (Fsp3) is 0.875. The molecule has 0 aromatic heterocycles. The summed E-state index contributed by atoms with van der Waals surface area (Å²) >= 11 is 0. The molecule has 0 heterocycles. The molecule has 62 heavy (non-hydrogen) atoms. The van der Waals surface area contributed by atoms with Crippen LogP contribution in [-0.4, -0.2) is 37.2 Å². The summed E-state index contributed by atoms with van der Waals surface area (Å²) in [6, 6.07) is 0.